The summed E-state index contributed by atoms with van der Waals surface area (Å²) in [5.41, 5.74) is 5.67. The van der Waals surface area contributed by atoms with Gasteiger partial charge in [0.1, 0.15) is 0 Å². The summed E-state index contributed by atoms with van der Waals surface area (Å²) in [4.78, 5) is 29.8. The Morgan fingerprint density at radius 1 is 0.946 bits per heavy atom. The third kappa shape index (κ3) is 6.16. The molecule has 5 rings (SSSR count). The minimum absolute atomic E-state index is 0.0369. The lowest BCUT2D eigenvalue weighted by Gasteiger charge is -2.46. The molecule has 1 aliphatic heterocycles. The molecular weight excluding hydrogens is 476 g/mol. The lowest BCUT2D eigenvalue weighted by Crippen LogP contribution is -2.53. The van der Waals surface area contributed by atoms with E-state index in [1.807, 2.05) is 47.4 Å². The summed E-state index contributed by atoms with van der Waals surface area (Å²) in [6.45, 7) is 5.24. The molecule has 3 aromatic carbocycles. The van der Waals surface area contributed by atoms with Crippen LogP contribution in [0.2, 0.25) is 0 Å². The molecular formula is C32H34N2O2S. The molecule has 1 aliphatic carbocycles. The van der Waals surface area contributed by atoms with Gasteiger partial charge in [0.25, 0.3) is 5.91 Å². The van der Waals surface area contributed by atoms with E-state index in [1.54, 1.807) is 11.8 Å². The van der Waals surface area contributed by atoms with Crippen molar-refractivity contribution < 1.29 is 9.59 Å². The Morgan fingerprint density at radius 3 is 2.49 bits per heavy atom. The van der Waals surface area contributed by atoms with E-state index in [1.165, 1.54) is 11.1 Å². The van der Waals surface area contributed by atoms with Crippen molar-refractivity contribution >= 4 is 29.7 Å². The van der Waals surface area contributed by atoms with Crippen LogP contribution in [0.3, 0.4) is 0 Å². The largest absolute Gasteiger partial charge is 0.352 e. The van der Waals surface area contributed by atoms with Gasteiger partial charge in [0, 0.05) is 30.3 Å². The molecule has 1 heterocycles. The first-order valence-electron chi connectivity index (χ1n) is 13.1. The second-order valence-corrected chi connectivity index (χ2v) is 11.6. The van der Waals surface area contributed by atoms with Crippen LogP contribution in [0.15, 0.2) is 83.8 Å². The molecule has 37 heavy (non-hydrogen) atoms. The summed E-state index contributed by atoms with van der Waals surface area (Å²) in [6, 6.07) is 26.7. The predicted octanol–water partition coefficient (Wildman–Crippen LogP) is 6.27. The first-order chi connectivity index (χ1) is 18.0. The summed E-state index contributed by atoms with van der Waals surface area (Å²) in [7, 11) is 0. The van der Waals surface area contributed by atoms with Crippen LogP contribution in [0.4, 0.5) is 0 Å². The van der Waals surface area contributed by atoms with Gasteiger partial charge in [-0.15, -0.1) is 11.8 Å². The normalized spacial score (nSPS) is 22.5. The number of carbonyl (C=O) groups is 2. The zero-order valence-electron chi connectivity index (χ0n) is 21.5. The van der Waals surface area contributed by atoms with Crippen molar-refractivity contribution in [3.8, 4) is 0 Å². The van der Waals surface area contributed by atoms with E-state index in [9.17, 15) is 9.59 Å². The standard InChI is InChI=1S/C32H34N2O2S/c1-22-11-13-25(14-12-22)20-33-31(35)27-15-16-29-28(19-27)34(21-26-10-6-7-23(2)17-26)32(36)30(37-29)18-24-8-4-3-5-9-24/h3-14,17-18,27-29H,15-16,19-21H2,1-2H3,(H,33,35)/b30-18-. The van der Waals surface area contributed by atoms with Crippen molar-refractivity contribution in [1.29, 1.82) is 0 Å². The van der Waals surface area contributed by atoms with Gasteiger partial charge in [-0.2, -0.15) is 0 Å². The van der Waals surface area contributed by atoms with Gasteiger partial charge < -0.3 is 10.2 Å². The van der Waals surface area contributed by atoms with Gasteiger partial charge in [0.05, 0.1) is 4.91 Å². The third-order valence-corrected chi connectivity index (χ3v) is 8.80. The van der Waals surface area contributed by atoms with Crippen LogP contribution < -0.4 is 5.32 Å². The fourth-order valence-electron chi connectivity index (χ4n) is 5.36. The summed E-state index contributed by atoms with van der Waals surface area (Å²) in [5.74, 6) is 0.0784. The van der Waals surface area contributed by atoms with Crippen LogP contribution in [0.25, 0.3) is 6.08 Å². The molecule has 190 valence electrons. The topological polar surface area (TPSA) is 49.4 Å². The van der Waals surface area contributed by atoms with E-state index in [4.69, 9.17) is 0 Å². The summed E-state index contributed by atoms with van der Waals surface area (Å²) in [5, 5.41) is 3.44. The number of amides is 2. The first kappa shape index (κ1) is 25.3. The van der Waals surface area contributed by atoms with Crippen molar-refractivity contribution in [3.05, 3.63) is 112 Å². The van der Waals surface area contributed by atoms with Crippen LogP contribution >= 0.6 is 11.8 Å². The Morgan fingerprint density at radius 2 is 1.73 bits per heavy atom. The molecule has 2 amide bonds. The van der Waals surface area contributed by atoms with Gasteiger partial charge in [-0.05, 0) is 55.9 Å². The summed E-state index contributed by atoms with van der Waals surface area (Å²) < 4.78 is 0. The highest BCUT2D eigenvalue weighted by Crippen LogP contribution is 2.44. The van der Waals surface area contributed by atoms with Crippen LogP contribution in [-0.2, 0) is 22.7 Å². The second kappa shape index (κ2) is 11.4. The number of aryl methyl sites for hydroxylation is 2. The molecule has 5 heteroatoms. The molecule has 3 unspecified atom stereocenters. The highest BCUT2D eigenvalue weighted by Gasteiger charge is 2.44. The molecule has 0 bridgehead atoms. The van der Waals surface area contributed by atoms with Crippen molar-refractivity contribution in [2.24, 2.45) is 5.92 Å². The maximum atomic E-state index is 13.8. The summed E-state index contributed by atoms with van der Waals surface area (Å²) in [6.07, 6.45) is 4.49. The fraction of sp³-hybridized carbons (Fsp3) is 0.312. The Kier molecular flexibility index (Phi) is 7.80. The number of carbonyl (C=O) groups excluding carboxylic acids is 2. The third-order valence-electron chi connectivity index (χ3n) is 7.40. The Bertz CT molecular complexity index is 1290. The van der Waals surface area contributed by atoms with E-state index in [0.717, 1.165) is 34.4 Å². The van der Waals surface area contributed by atoms with E-state index >= 15 is 0 Å². The Balaban J connectivity index is 1.35. The number of fused-ring (bicyclic) bond motifs is 1. The lowest BCUT2D eigenvalue weighted by molar-refractivity contribution is -0.133. The van der Waals surface area contributed by atoms with Crippen molar-refractivity contribution in [2.75, 3.05) is 0 Å². The molecule has 4 nitrogen and oxygen atoms in total. The number of benzene rings is 3. The predicted molar refractivity (Wildman–Crippen MR) is 152 cm³/mol. The Labute approximate surface area is 224 Å². The minimum atomic E-state index is -0.0836. The molecule has 0 radical (unpaired) electrons. The zero-order valence-corrected chi connectivity index (χ0v) is 22.3. The minimum Gasteiger partial charge on any atom is -0.352 e. The van der Waals surface area contributed by atoms with Gasteiger partial charge in [-0.25, -0.2) is 0 Å². The van der Waals surface area contributed by atoms with Gasteiger partial charge >= 0.3 is 0 Å². The SMILES string of the molecule is Cc1ccc(CNC(=O)C2CCC3S/C(=C\c4ccccc4)C(=O)N(Cc4cccc(C)c4)C3C2)cc1. The fourth-order valence-corrected chi connectivity index (χ4v) is 6.78. The molecule has 0 aromatic heterocycles. The van der Waals surface area contributed by atoms with E-state index in [0.29, 0.717) is 24.8 Å². The number of nitrogens with zero attached hydrogens (tertiary/aromatic N) is 1. The number of rotatable bonds is 6. The average Bonchev–Trinajstić information content (AvgIpc) is 2.91. The molecule has 1 N–H and O–H groups in total. The van der Waals surface area contributed by atoms with Crippen LogP contribution in [0.1, 0.15) is 47.1 Å². The van der Waals surface area contributed by atoms with Gasteiger partial charge in [-0.1, -0.05) is 90.0 Å². The Hall–Kier alpha value is -3.31. The maximum absolute atomic E-state index is 13.8. The highest BCUT2D eigenvalue weighted by molar-refractivity contribution is 8.04. The van der Waals surface area contributed by atoms with Gasteiger partial charge in [-0.3, -0.25) is 9.59 Å². The maximum Gasteiger partial charge on any atom is 0.260 e. The van der Waals surface area contributed by atoms with E-state index in [-0.39, 0.29) is 23.8 Å². The van der Waals surface area contributed by atoms with E-state index in [2.05, 4.69) is 61.6 Å². The average molecular weight is 511 g/mol. The highest BCUT2D eigenvalue weighted by atomic mass is 32.2. The molecule has 2 aliphatic rings. The smallest absolute Gasteiger partial charge is 0.260 e. The van der Waals surface area contributed by atoms with Crippen LogP contribution in [0, 0.1) is 19.8 Å². The number of nitrogens with one attached hydrogen (secondary N) is 1. The zero-order chi connectivity index (χ0) is 25.8. The first-order valence-corrected chi connectivity index (χ1v) is 14.0. The molecule has 0 spiro atoms. The quantitative estimate of drug-likeness (QED) is 0.398. The van der Waals surface area contributed by atoms with Crippen LogP contribution in [-0.4, -0.2) is 28.0 Å². The second-order valence-electron chi connectivity index (χ2n) is 10.3. The van der Waals surface area contributed by atoms with Crippen molar-refractivity contribution in [3.63, 3.8) is 0 Å². The molecule has 1 saturated heterocycles. The van der Waals surface area contributed by atoms with Crippen molar-refractivity contribution in [1.82, 2.24) is 10.2 Å². The number of thioether (sulfide) groups is 1. The number of hydrogen-bond acceptors (Lipinski definition) is 3. The van der Waals surface area contributed by atoms with Gasteiger partial charge in [0.2, 0.25) is 5.91 Å². The molecule has 1 saturated carbocycles. The molecule has 2 fully saturated rings. The van der Waals surface area contributed by atoms with Crippen LogP contribution in [0.5, 0.6) is 0 Å². The van der Waals surface area contributed by atoms with E-state index < -0.39 is 0 Å². The van der Waals surface area contributed by atoms with Gasteiger partial charge in [0.15, 0.2) is 0 Å². The lowest BCUT2D eigenvalue weighted by atomic mass is 9.83. The monoisotopic (exact) mass is 510 g/mol. The molecule has 3 aromatic rings. The molecule has 3 atom stereocenters. The number of hydrogen-bond donors (Lipinski definition) is 1. The summed E-state index contributed by atoms with van der Waals surface area (Å²) >= 11 is 1.70. The van der Waals surface area contributed by atoms with Crippen molar-refractivity contribution in [2.45, 2.75) is 57.5 Å².